The summed E-state index contributed by atoms with van der Waals surface area (Å²) in [6.07, 6.45) is 1.46. The molecule has 1 aromatic rings. The number of benzene rings is 1. The molecule has 1 heterocycles. The molecule has 144 valence electrons. The van der Waals surface area contributed by atoms with Crippen molar-refractivity contribution in [3.8, 4) is 0 Å². The molecule has 0 aliphatic carbocycles. The standard InChI is InChI=1S/C20H31N3O3/c1-16(24)18(21-3)15-26-19(25)23-12-10-20(2,11-13-23)22(4)14-17-8-6-5-7-9-17/h5-9,18,21H,10-15H2,1-4H3. The Morgan fingerprint density at radius 1 is 1.27 bits per heavy atom. The minimum absolute atomic E-state index is 0.0333. The highest BCUT2D eigenvalue weighted by molar-refractivity contribution is 5.81. The molecule has 26 heavy (non-hydrogen) atoms. The van der Waals surface area contributed by atoms with Crippen molar-refractivity contribution in [2.24, 2.45) is 0 Å². The van der Waals surface area contributed by atoms with E-state index in [1.165, 1.54) is 12.5 Å². The number of ketones is 1. The highest BCUT2D eigenvalue weighted by atomic mass is 16.6. The number of piperidine rings is 1. The number of amides is 1. The first-order valence-electron chi connectivity index (χ1n) is 9.20. The largest absolute Gasteiger partial charge is 0.447 e. The van der Waals surface area contributed by atoms with Crippen molar-refractivity contribution >= 4 is 11.9 Å². The Kier molecular flexibility index (Phi) is 7.17. The third-order valence-electron chi connectivity index (χ3n) is 5.50. The SMILES string of the molecule is CNC(COC(=O)N1CCC(C)(N(C)Cc2ccccc2)CC1)C(C)=O. The molecule has 1 fully saturated rings. The molecule has 1 N–H and O–H groups in total. The maximum absolute atomic E-state index is 12.3. The average molecular weight is 361 g/mol. The van der Waals surface area contributed by atoms with Crippen molar-refractivity contribution < 1.29 is 14.3 Å². The van der Waals surface area contributed by atoms with E-state index in [9.17, 15) is 9.59 Å². The number of hydrogen-bond donors (Lipinski definition) is 1. The number of nitrogens with one attached hydrogen (secondary N) is 1. The van der Waals surface area contributed by atoms with Gasteiger partial charge in [-0.05, 0) is 46.3 Å². The number of Topliss-reactive ketones (excluding diaryl/α,β-unsaturated/α-hetero) is 1. The number of hydrogen-bond acceptors (Lipinski definition) is 5. The lowest BCUT2D eigenvalue weighted by molar-refractivity contribution is -0.119. The van der Waals surface area contributed by atoms with Gasteiger partial charge in [-0.3, -0.25) is 9.69 Å². The monoisotopic (exact) mass is 361 g/mol. The van der Waals surface area contributed by atoms with Gasteiger partial charge in [-0.1, -0.05) is 30.3 Å². The molecule has 1 atom stereocenters. The molecule has 1 aliphatic rings. The molecule has 0 aromatic heterocycles. The van der Waals surface area contributed by atoms with Crippen LogP contribution in [-0.2, 0) is 16.1 Å². The Hall–Kier alpha value is -1.92. The molecule has 0 spiro atoms. The molecule has 1 saturated heterocycles. The van der Waals surface area contributed by atoms with E-state index in [2.05, 4.69) is 48.5 Å². The van der Waals surface area contributed by atoms with Gasteiger partial charge in [0.2, 0.25) is 0 Å². The van der Waals surface area contributed by atoms with Crippen LogP contribution in [0, 0.1) is 0 Å². The lowest BCUT2D eigenvalue weighted by Gasteiger charge is -2.45. The Bertz CT molecular complexity index is 598. The molecule has 2 rings (SSSR count). The van der Waals surface area contributed by atoms with E-state index in [1.54, 1.807) is 11.9 Å². The van der Waals surface area contributed by atoms with Crippen molar-refractivity contribution in [2.75, 3.05) is 33.8 Å². The third-order valence-corrected chi connectivity index (χ3v) is 5.50. The summed E-state index contributed by atoms with van der Waals surface area (Å²) in [7, 11) is 3.83. The zero-order chi connectivity index (χ0) is 19.2. The predicted octanol–water partition coefficient (Wildman–Crippen LogP) is 2.29. The van der Waals surface area contributed by atoms with E-state index in [-0.39, 0.29) is 24.0 Å². The third kappa shape index (κ3) is 5.29. The fourth-order valence-corrected chi connectivity index (χ4v) is 3.25. The second-order valence-corrected chi connectivity index (χ2v) is 7.35. The van der Waals surface area contributed by atoms with Crippen LogP contribution >= 0.6 is 0 Å². The second kappa shape index (κ2) is 9.14. The number of nitrogens with zero attached hydrogens (tertiary/aromatic N) is 2. The predicted molar refractivity (Wildman–Crippen MR) is 102 cm³/mol. The average Bonchev–Trinajstić information content (AvgIpc) is 2.63. The van der Waals surface area contributed by atoms with Gasteiger partial charge in [-0.15, -0.1) is 0 Å². The minimum Gasteiger partial charge on any atom is -0.447 e. The maximum Gasteiger partial charge on any atom is 0.409 e. The van der Waals surface area contributed by atoms with Gasteiger partial charge in [0.1, 0.15) is 18.4 Å². The summed E-state index contributed by atoms with van der Waals surface area (Å²) < 4.78 is 5.31. The first-order valence-corrected chi connectivity index (χ1v) is 9.20. The van der Waals surface area contributed by atoms with Crippen LogP contribution in [0.25, 0.3) is 0 Å². The van der Waals surface area contributed by atoms with Crippen LogP contribution in [0.5, 0.6) is 0 Å². The van der Waals surface area contributed by atoms with Crippen molar-refractivity contribution in [3.63, 3.8) is 0 Å². The molecule has 0 radical (unpaired) electrons. The van der Waals surface area contributed by atoms with Crippen LogP contribution in [-0.4, -0.2) is 67.0 Å². The number of rotatable bonds is 7. The Morgan fingerprint density at radius 3 is 2.42 bits per heavy atom. The molecule has 1 amide bonds. The van der Waals surface area contributed by atoms with E-state index in [0.717, 1.165) is 19.4 Å². The molecular weight excluding hydrogens is 330 g/mol. The van der Waals surface area contributed by atoms with Crippen molar-refractivity contribution in [1.82, 2.24) is 15.1 Å². The van der Waals surface area contributed by atoms with Gasteiger partial charge in [0.15, 0.2) is 0 Å². The molecule has 0 bridgehead atoms. The molecule has 1 unspecified atom stereocenters. The lowest BCUT2D eigenvalue weighted by Crippen LogP contribution is -2.53. The van der Waals surface area contributed by atoms with Crippen LogP contribution in [0.1, 0.15) is 32.3 Å². The topological polar surface area (TPSA) is 61.9 Å². The van der Waals surface area contributed by atoms with Crippen molar-refractivity contribution in [3.05, 3.63) is 35.9 Å². The summed E-state index contributed by atoms with van der Waals surface area (Å²) in [6, 6.07) is 9.98. The summed E-state index contributed by atoms with van der Waals surface area (Å²) in [5.74, 6) is -0.0333. The van der Waals surface area contributed by atoms with Gasteiger partial charge >= 0.3 is 6.09 Å². The number of carbonyl (C=O) groups is 2. The van der Waals surface area contributed by atoms with Crippen LogP contribution < -0.4 is 5.32 Å². The van der Waals surface area contributed by atoms with Crippen LogP contribution in [0.15, 0.2) is 30.3 Å². The summed E-state index contributed by atoms with van der Waals surface area (Å²) in [5, 5.41) is 2.86. The van der Waals surface area contributed by atoms with E-state index in [1.807, 2.05) is 6.07 Å². The van der Waals surface area contributed by atoms with Crippen LogP contribution in [0.2, 0.25) is 0 Å². The first-order chi connectivity index (χ1) is 12.4. The second-order valence-electron chi connectivity index (χ2n) is 7.35. The van der Waals surface area contributed by atoms with Crippen molar-refractivity contribution in [2.45, 2.75) is 44.8 Å². The zero-order valence-electron chi connectivity index (χ0n) is 16.3. The van der Waals surface area contributed by atoms with E-state index < -0.39 is 6.04 Å². The van der Waals surface area contributed by atoms with Crippen molar-refractivity contribution in [1.29, 1.82) is 0 Å². The highest BCUT2D eigenvalue weighted by Gasteiger charge is 2.35. The summed E-state index contributed by atoms with van der Waals surface area (Å²) >= 11 is 0. The minimum atomic E-state index is -0.439. The van der Waals surface area contributed by atoms with Gasteiger partial charge in [0.05, 0.1) is 0 Å². The summed E-state index contributed by atoms with van der Waals surface area (Å²) in [4.78, 5) is 27.8. The quantitative estimate of drug-likeness (QED) is 0.807. The van der Waals surface area contributed by atoms with Gasteiger partial charge in [0.25, 0.3) is 0 Å². The van der Waals surface area contributed by atoms with Crippen LogP contribution in [0.3, 0.4) is 0 Å². The number of likely N-dealkylation sites (tertiary alicyclic amines) is 1. The molecule has 1 aromatic carbocycles. The normalized spacial score (nSPS) is 17.8. The lowest BCUT2D eigenvalue weighted by atomic mass is 9.88. The van der Waals surface area contributed by atoms with E-state index >= 15 is 0 Å². The number of likely N-dealkylation sites (N-methyl/N-ethyl adjacent to an activating group) is 1. The zero-order valence-corrected chi connectivity index (χ0v) is 16.3. The molecule has 0 saturated carbocycles. The fourth-order valence-electron chi connectivity index (χ4n) is 3.25. The van der Waals surface area contributed by atoms with E-state index in [4.69, 9.17) is 4.74 Å². The molecular formula is C20H31N3O3. The Labute approximate surface area is 156 Å². The molecule has 6 nitrogen and oxygen atoms in total. The smallest absolute Gasteiger partial charge is 0.409 e. The summed E-state index contributed by atoms with van der Waals surface area (Å²) in [6.45, 7) is 6.05. The number of carbonyl (C=O) groups excluding carboxylic acids is 2. The van der Waals surface area contributed by atoms with E-state index in [0.29, 0.717) is 13.1 Å². The summed E-state index contributed by atoms with van der Waals surface area (Å²) in [5.41, 5.74) is 1.35. The highest BCUT2D eigenvalue weighted by Crippen LogP contribution is 2.29. The molecule has 6 heteroatoms. The van der Waals surface area contributed by atoms with Gasteiger partial charge in [-0.2, -0.15) is 0 Å². The van der Waals surface area contributed by atoms with Gasteiger partial charge < -0.3 is 15.0 Å². The molecule has 1 aliphatic heterocycles. The Morgan fingerprint density at radius 2 is 1.88 bits per heavy atom. The van der Waals surface area contributed by atoms with Gasteiger partial charge in [0, 0.05) is 25.2 Å². The van der Waals surface area contributed by atoms with Gasteiger partial charge in [-0.25, -0.2) is 4.79 Å². The fraction of sp³-hybridized carbons (Fsp3) is 0.600. The number of ether oxygens (including phenoxy) is 1. The Balaban J connectivity index is 1.83. The maximum atomic E-state index is 12.3. The van der Waals surface area contributed by atoms with Crippen LogP contribution in [0.4, 0.5) is 4.79 Å². The first kappa shape index (κ1) is 20.4.